The van der Waals surface area contributed by atoms with Crippen LogP contribution in [0.5, 0.6) is 0 Å². The fourth-order valence-electron chi connectivity index (χ4n) is 2.56. The predicted octanol–water partition coefficient (Wildman–Crippen LogP) is -1.17. The second kappa shape index (κ2) is 3.82. The summed E-state index contributed by atoms with van der Waals surface area (Å²) in [6.45, 7) is 0.363. The van der Waals surface area contributed by atoms with Gasteiger partial charge in [0.05, 0.1) is 13.2 Å². The number of aliphatic hydroxyl groups excluding tert-OH is 1. The van der Waals surface area contributed by atoms with Crippen molar-refractivity contribution >= 4 is 16.1 Å². The minimum Gasteiger partial charge on any atom is -0.453 e. The summed E-state index contributed by atoms with van der Waals surface area (Å²) in [6.07, 6.45) is -1.28. The standard InChI is InChI=1S/C9H16N2O5S/c1-10-5-7(12)9(17(10,14)15)3-4-11(6-9)8(13)16-2/h7,12H,3-6H2,1-2H3/t7-,9-/m1/s1. The first-order valence-corrected chi connectivity index (χ1v) is 6.76. The number of likely N-dealkylation sites (tertiary alicyclic amines) is 1. The second-order valence-electron chi connectivity index (χ2n) is 4.51. The smallest absolute Gasteiger partial charge is 0.409 e. The summed E-state index contributed by atoms with van der Waals surface area (Å²) < 4.78 is 28.8. The van der Waals surface area contributed by atoms with Crippen molar-refractivity contribution in [2.24, 2.45) is 0 Å². The molecule has 1 amide bonds. The third kappa shape index (κ3) is 1.54. The van der Waals surface area contributed by atoms with Gasteiger partial charge in [-0.3, -0.25) is 0 Å². The van der Waals surface area contributed by atoms with Crippen LogP contribution in [0.15, 0.2) is 0 Å². The van der Waals surface area contributed by atoms with E-state index in [0.717, 1.165) is 4.31 Å². The van der Waals surface area contributed by atoms with Crippen LogP contribution in [0.25, 0.3) is 0 Å². The lowest BCUT2D eigenvalue weighted by molar-refractivity contribution is 0.117. The van der Waals surface area contributed by atoms with E-state index in [1.54, 1.807) is 0 Å². The summed E-state index contributed by atoms with van der Waals surface area (Å²) in [5.41, 5.74) is 0. The lowest BCUT2D eigenvalue weighted by Crippen LogP contribution is -2.48. The largest absolute Gasteiger partial charge is 0.453 e. The van der Waals surface area contributed by atoms with Gasteiger partial charge in [0.1, 0.15) is 4.75 Å². The van der Waals surface area contributed by atoms with Crippen molar-refractivity contribution < 1.29 is 23.1 Å². The monoisotopic (exact) mass is 264 g/mol. The van der Waals surface area contributed by atoms with Gasteiger partial charge in [-0.1, -0.05) is 0 Å². The van der Waals surface area contributed by atoms with Gasteiger partial charge < -0.3 is 14.7 Å². The first-order chi connectivity index (χ1) is 7.85. The summed E-state index contributed by atoms with van der Waals surface area (Å²) in [4.78, 5) is 12.7. The summed E-state index contributed by atoms with van der Waals surface area (Å²) >= 11 is 0. The Morgan fingerprint density at radius 1 is 1.53 bits per heavy atom. The van der Waals surface area contributed by atoms with Crippen molar-refractivity contribution in [2.75, 3.05) is 33.8 Å². The number of hydrogen-bond donors (Lipinski definition) is 1. The third-order valence-electron chi connectivity index (χ3n) is 3.66. The Kier molecular flexibility index (Phi) is 2.83. The summed E-state index contributed by atoms with van der Waals surface area (Å²) in [7, 11) is -0.867. The van der Waals surface area contributed by atoms with Gasteiger partial charge in [0.2, 0.25) is 10.0 Å². The highest BCUT2D eigenvalue weighted by molar-refractivity contribution is 7.90. The van der Waals surface area contributed by atoms with E-state index < -0.39 is 27.0 Å². The molecule has 7 nitrogen and oxygen atoms in total. The van der Waals surface area contributed by atoms with Crippen molar-refractivity contribution in [3.05, 3.63) is 0 Å². The first-order valence-electron chi connectivity index (χ1n) is 5.32. The van der Waals surface area contributed by atoms with Gasteiger partial charge in [0.25, 0.3) is 0 Å². The highest BCUT2D eigenvalue weighted by atomic mass is 32.2. The van der Waals surface area contributed by atoms with Crippen LogP contribution >= 0.6 is 0 Å². The fourth-order valence-corrected chi connectivity index (χ4v) is 4.61. The maximum Gasteiger partial charge on any atom is 0.409 e. The normalized spacial score (nSPS) is 36.6. The molecule has 0 aromatic rings. The molecule has 2 saturated heterocycles. The summed E-state index contributed by atoms with van der Waals surface area (Å²) in [5, 5.41) is 9.96. The van der Waals surface area contributed by atoms with Crippen LogP contribution in [0.2, 0.25) is 0 Å². The number of sulfonamides is 1. The molecule has 0 aromatic heterocycles. The molecule has 0 unspecified atom stereocenters. The molecule has 0 bridgehead atoms. The Morgan fingerprint density at radius 2 is 2.18 bits per heavy atom. The molecule has 8 heteroatoms. The molecule has 1 spiro atoms. The zero-order valence-electron chi connectivity index (χ0n) is 9.79. The van der Waals surface area contributed by atoms with E-state index in [1.807, 2.05) is 0 Å². The molecule has 2 atom stereocenters. The van der Waals surface area contributed by atoms with Crippen LogP contribution in [-0.4, -0.2) is 73.5 Å². The van der Waals surface area contributed by atoms with Gasteiger partial charge in [-0.05, 0) is 6.42 Å². The van der Waals surface area contributed by atoms with Gasteiger partial charge in [0.15, 0.2) is 0 Å². The van der Waals surface area contributed by atoms with Crippen LogP contribution in [0.4, 0.5) is 4.79 Å². The molecule has 0 aliphatic carbocycles. The van der Waals surface area contributed by atoms with E-state index in [4.69, 9.17) is 0 Å². The van der Waals surface area contributed by atoms with Crippen LogP contribution in [0.1, 0.15) is 6.42 Å². The van der Waals surface area contributed by atoms with Gasteiger partial charge in [0, 0.05) is 26.7 Å². The number of likely N-dealkylation sites (N-methyl/N-ethyl adjacent to an activating group) is 1. The number of nitrogens with zero attached hydrogens (tertiary/aromatic N) is 2. The third-order valence-corrected chi connectivity index (χ3v) is 6.26. The Balaban J connectivity index is 2.31. The van der Waals surface area contributed by atoms with E-state index in [0.29, 0.717) is 0 Å². The summed E-state index contributed by atoms with van der Waals surface area (Å²) in [5.74, 6) is 0. The van der Waals surface area contributed by atoms with Crippen LogP contribution in [0, 0.1) is 0 Å². The van der Waals surface area contributed by atoms with Crippen molar-refractivity contribution in [2.45, 2.75) is 17.3 Å². The Labute approximate surface area is 100.0 Å². The number of carbonyl (C=O) groups is 1. The number of amides is 1. The Hall–Kier alpha value is -0.860. The number of aliphatic hydroxyl groups is 1. The van der Waals surface area contributed by atoms with Gasteiger partial charge in [-0.15, -0.1) is 0 Å². The lowest BCUT2D eigenvalue weighted by atomic mass is 10.0. The quantitative estimate of drug-likeness (QED) is 0.596. The molecular formula is C9H16N2O5S. The Bertz CT molecular complexity index is 437. The average Bonchev–Trinajstić information content (AvgIpc) is 2.79. The van der Waals surface area contributed by atoms with E-state index in [-0.39, 0.29) is 26.1 Å². The van der Waals surface area contributed by atoms with Crippen LogP contribution in [0.3, 0.4) is 0 Å². The van der Waals surface area contributed by atoms with Crippen LogP contribution in [-0.2, 0) is 14.8 Å². The number of hydrogen-bond acceptors (Lipinski definition) is 5. The van der Waals surface area contributed by atoms with Gasteiger partial charge in [-0.25, -0.2) is 17.5 Å². The summed E-state index contributed by atoms with van der Waals surface area (Å²) in [6, 6.07) is 0. The van der Waals surface area contributed by atoms with Crippen molar-refractivity contribution in [1.29, 1.82) is 0 Å². The number of ether oxygens (including phenoxy) is 1. The molecule has 2 heterocycles. The van der Waals surface area contributed by atoms with Gasteiger partial charge in [-0.2, -0.15) is 0 Å². The Morgan fingerprint density at radius 3 is 2.65 bits per heavy atom. The zero-order valence-corrected chi connectivity index (χ0v) is 10.6. The SMILES string of the molecule is COC(=O)N1CC[C@@]2(C1)[C@H](O)CN(C)S2(=O)=O. The van der Waals surface area contributed by atoms with E-state index in [2.05, 4.69) is 4.74 Å². The minimum atomic E-state index is -3.56. The molecule has 2 aliphatic heterocycles. The molecule has 98 valence electrons. The number of rotatable bonds is 0. The van der Waals surface area contributed by atoms with E-state index in [9.17, 15) is 18.3 Å². The second-order valence-corrected chi connectivity index (χ2v) is 6.89. The van der Waals surface area contributed by atoms with Crippen molar-refractivity contribution in [3.63, 3.8) is 0 Å². The van der Waals surface area contributed by atoms with E-state index >= 15 is 0 Å². The number of β-amino-alcohol motifs (C(OH)–C–C–N with tert-alkyl or cyclic N) is 1. The first kappa shape index (κ1) is 12.6. The number of carbonyl (C=O) groups excluding carboxylic acids is 1. The van der Waals surface area contributed by atoms with Crippen molar-refractivity contribution in [3.8, 4) is 0 Å². The average molecular weight is 264 g/mol. The predicted molar refractivity (Wildman–Crippen MR) is 58.9 cm³/mol. The fraction of sp³-hybridized carbons (Fsp3) is 0.889. The molecule has 1 N–H and O–H groups in total. The zero-order chi connectivity index (χ0) is 12.8. The molecule has 0 saturated carbocycles. The molecule has 2 rings (SSSR count). The molecule has 2 fully saturated rings. The molecular weight excluding hydrogens is 248 g/mol. The minimum absolute atomic E-state index is 0.00644. The van der Waals surface area contributed by atoms with Crippen LogP contribution < -0.4 is 0 Å². The van der Waals surface area contributed by atoms with Crippen molar-refractivity contribution in [1.82, 2.24) is 9.21 Å². The molecule has 2 aliphatic rings. The highest BCUT2D eigenvalue weighted by Gasteiger charge is 2.61. The maximum atomic E-state index is 12.2. The maximum absolute atomic E-state index is 12.2. The highest BCUT2D eigenvalue weighted by Crippen LogP contribution is 2.40. The molecule has 0 aromatic carbocycles. The van der Waals surface area contributed by atoms with Gasteiger partial charge >= 0.3 is 6.09 Å². The van der Waals surface area contributed by atoms with E-state index in [1.165, 1.54) is 19.1 Å². The lowest BCUT2D eigenvalue weighted by Gasteiger charge is -2.25. The topological polar surface area (TPSA) is 87.2 Å². The number of methoxy groups -OCH3 is 1. The molecule has 0 radical (unpaired) electrons. The molecule has 17 heavy (non-hydrogen) atoms.